The van der Waals surface area contributed by atoms with Crippen molar-refractivity contribution >= 4 is 34.0 Å². The predicted molar refractivity (Wildman–Crippen MR) is 135 cm³/mol. The van der Waals surface area contributed by atoms with E-state index in [2.05, 4.69) is 24.4 Å². The summed E-state index contributed by atoms with van der Waals surface area (Å²) >= 11 is 6.01. The van der Waals surface area contributed by atoms with Crippen LogP contribution in [-0.4, -0.2) is 47.3 Å². The van der Waals surface area contributed by atoms with Crippen LogP contribution in [0.1, 0.15) is 49.4 Å². The highest BCUT2D eigenvalue weighted by Crippen LogP contribution is 2.34. The number of nitrogens with zero attached hydrogens (tertiary/aromatic N) is 1. The molecule has 0 heterocycles. The van der Waals surface area contributed by atoms with E-state index < -0.39 is 5.97 Å². The maximum atomic E-state index is 11.0. The van der Waals surface area contributed by atoms with Crippen LogP contribution in [0.25, 0.3) is 5.57 Å². The van der Waals surface area contributed by atoms with E-state index >= 15 is 0 Å². The highest BCUT2D eigenvalue weighted by molar-refractivity contribution is 6.69. The second-order valence-corrected chi connectivity index (χ2v) is 9.27. The van der Waals surface area contributed by atoms with Gasteiger partial charge in [0.05, 0.1) is 6.54 Å². The van der Waals surface area contributed by atoms with Crippen molar-refractivity contribution in [1.29, 1.82) is 5.41 Å². The molecule has 0 atom stereocenters. The molecule has 0 aromatic heterocycles. The molecule has 1 aliphatic rings. The summed E-state index contributed by atoms with van der Waals surface area (Å²) in [6, 6.07) is 12.2. The van der Waals surface area contributed by atoms with Gasteiger partial charge < -0.3 is 15.2 Å². The Hall–Kier alpha value is -2.83. The van der Waals surface area contributed by atoms with Crippen molar-refractivity contribution < 1.29 is 14.6 Å². The number of carboxylic acids is 1. The van der Waals surface area contributed by atoms with Gasteiger partial charge in [-0.2, -0.15) is 0 Å². The number of fused-ring (bicyclic) bond motifs is 1. The first kappa shape index (κ1) is 24.8. The molecule has 0 amide bonds. The lowest BCUT2D eigenvalue weighted by atomic mass is 9.86. The van der Waals surface area contributed by atoms with Gasteiger partial charge in [0.15, 0.2) is 0 Å². The van der Waals surface area contributed by atoms with Crippen LogP contribution < -0.4 is 10.1 Å². The molecule has 2 aromatic rings. The van der Waals surface area contributed by atoms with Crippen LogP contribution in [-0.2, 0) is 17.8 Å². The molecule has 0 aliphatic heterocycles. The first-order valence-electron chi connectivity index (χ1n) is 11.1. The van der Waals surface area contributed by atoms with Crippen LogP contribution in [0.2, 0.25) is 0 Å². The number of nitrogens with one attached hydrogen (secondary N) is 2. The van der Waals surface area contributed by atoms with Gasteiger partial charge in [-0.3, -0.25) is 15.1 Å². The van der Waals surface area contributed by atoms with Gasteiger partial charge in [-0.05, 0) is 87.2 Å². The number of rotatable bonds is 10. The van der Waals surface area contributed by atoms with Crippen LogP contribution in [0.5, 0.6) is 5.75 Å². The number of aliphatic carboxylic acids is 1. The third kappa shape index (κ3) is 6.59. The Morgan fingerprint density at radius 1 is 1.24 bits per heavy atom. The Bertz CT molecular complexity index is 1080. The summed E-state index contributed by atoms with van der Waals surface area (Å²) in [6.07, 6.45) is 1.82. The molecule has 0 radical (unpaired) electrons. The van der Waals surface area contributed by atoms with Crippen molar-refractivity contribution in [3.63, 3.8) is 0 Å². The Labute approximate surface area is 200 Å². The zero-order chi connectivity index (χ0) is 24.1. The third-order valence-corrected chi connectivity index (χ3v) is 5.95. The minimum atomic E-state index is -0.811. The van der Waals surface area contributed by atoms with Crippen LogP contribution in [0.15, 0.2) is 42.0 Å². The minimum absolute atomic E-state index is 0.000784. The van der Waals surface area contributed by atoms with Crippen molar-refractivity contribution in [3.05, 3.63) is 64.2 Å². The van der Waals surface area contributed by atoms with E-state index in [1.54, 1.807) is 0 Å². The smallest absolute Gasteiger partial charge is 0.317 e. The number of allylic oxidation sites excluding steroid dienone is 1. The van der Waals surface area contributed by atoms with E-state index in [0.717, 1.165) is 29.8 Å². The molecule has 0 saturated carbocycles. The summed E-state index contributed by atoms with van der Waals surface area (Å²) in [5.41, 5.74) is 7.41. The highest BCUT2D eigenvalue weighted by atomic mass is 35.5. The van der Waals surface area contributed by atoms with Crippen LogP contribution in [0.4, 0.5) is 5.69 Å². The molecule has 3 rings (SSSR count). The van der Waals surface area contributed by atoms with Gasteiger partial charge in [-0.25, -0.2) is 0 Å². The topological polar surface area (TPSA) is 85.7 Å². The average Bonchev–Trinajstić information content (AvgIpc) is 2.74. The molecule has 0 bridgehead atoms. The molecule has 176 valence electrons. The first-order valence-corrected chi connectivity index (χ1v) is 11.5. The number of ether oxygens (including phenoxy) is 1. The molecule has 33 heavy (non-hydrogen) atoms. The number of halogens is 1. The minimum Gasteiger partial charge on any atom is -0.489 e. The summed E-state index contributed by atoms with van der Waals surface area (Å²) in [5.74, 6) is -0.00513. The lowest BCUT2D eigenvalue weighted by Gasteiger charge is -2.25. The molecule has 1 aliphatic carbocycles. The second kappa shape index (κ2) is 10.9. The summed E-state index contributed by atoms with van der Waals surface area (Å²) in [4.78, 5) is 12.8. The summed E-state index contributed by atoms with van der Waals surface area (Å²) in [5, 5.41) is 20.2. The number of likely N-dealkylation sites (N-methyl/N-ethyl adjacent to an activating group) is 1. The molecule has 7 heteroatoms. The van der Waals surface area contributed by atoms with Crippen molar-refractivity contribution in [2.24, 2.45) is 0 Å². The maximum absolute atomic E-state index is 11.0. The van der Waals surface area contributed by atoms with Gasteiger partial charge in [0.2, 0.25) is 0 Å². The van der Waals surface area contributed by atoms with Gasteiger partial charge in [0.1, 0.15) is 17.5 Å². The Balaban J connectivity index is 1.71. The number of benzene rings is 2. The van der Waals surface area contributed by atoms with E-state index in [-0.39, 0.29) is 17.8 Å². The second-order valence-electron chi connectivity index (χ2n) is 8.90. The fraction of sp³-hybridized carbons (Fsp3) is 0.385. The van der Waals surface area contributed by atoms with Gasteiger partial charge in [0.25, 0.3) is 0 Å². The molecule has 0 saturated heterocycles. The number of carboxylic acid groups (broad SMARTS) is 1. The van der Waals surface area contributed by atoms with E-state index in [1.165, 1.54) is 22.3 Å². The normalized spacial score (nSPS) is 13.3. The largest absolute Gasteiger partial charge is 0.489 e. The fourth-order valence-electron chi connectivity index (χ4n) is 4.17. The molecule has 3 N–H and O–H groups in total. The average molecular weight is 470 g/mol. The van der Waals surface area contributed by atoms with E-state index in [4.69, 9.17) is 26.9 Å². The standard InChI is InChI=1S/C26H32ClN3O3/c1-16(2)29-24-10-5-18(11-23(24)26(27)28)15-33-21-8-9-22-17(3)20(7-6-19(22)12-21)13-30(4)14-25(31)32/h5,8-12,16,28-29H,6-7,13-15H2,1-4H3,(H,31,32). The fourth-order valence-corrected chi connectivity index (χ4v) is 4.33. The molecule has 0 fully saturated rings. The molecule has 0 spiro atoms. The molecule has 2 aromatic carbocycles. The lowest BCUT2D eigenvalue weighted by Crippen LogP contribution is -2.28. The van der Waals surface area contributed by atoms with Crippen LogP contribution >= 0.6 is 11.6 Å². The Kier molecular flexibility index (Phi) is 8.16. The van der Waals surface area contributed by atoms with E-state index in [9.17, 15) is 4.79 Å². The zero-order valence-corrected chi connectivity index (χ0v) is 20.4. The summed E-state index contributed by atoms with van der Waals surface area (Å²) < 4.78 is 6.06. The maximum Gasteiger partial charge on any atom is 0.317 e. The third-order valence-electron chi connectivity index (χ3n) is 5.74. The van der Waals surface area contributed by atoms with E-state index in [0.29, 0.717) is 18.7 Å². The number of carbonyl (C=O) groups is 1. The van der Waals surface area contributed by atoms with Crippen LogP contribution in [0.3, 0.4) is 0 Å². The van der Waals surface area contributed by atoms with Crippen molar-refractivity contribution in [3.8, 4) is 5.75 Å². The predicted octanol–water partition coefficient (Wildman–Crippen LogP) is 5.39. The highest BCUT2D eigenvalue weighted by Gasteiger charge is 2.18. The lowest BCUT2D eigenvalue weighted by molar-refractivity contribution is -0.137. The number of aryl methyl sites for hydroxylation is 1. The van der Waals surface area contributed by atoms with Crippen molar-refractivity contribution in [2.75, 3.05) is 25.5 Å². The van der Waals surface area contributed by atoms with Gasteiger partial charge in [-0.15, -0.1) is 0 Å². The monoisotopic (exact) mass is 469 g/mol. The SMILES string of the molecule is CC1=C(CN(C)CC(=O)O)CCc2cc(OCc3ccc(NC(C)C)c(C(=N)Cl)c3)ccc21. The zero-order valence-electron chi connectivity index (χ0n) is 19.7. The van der Waals surface area contributed by atoms with Gasteiger partial charge >= 0.3 is 5.97 Å². The quantitative estimate of drug-likeness (QED) is 0.406. The molecule has 6 nitrogen and oxygen atoms in total. The Morgan fingerprint density at radius 2 is 2.00 bits per heavy atom. The molecule has 0 unspecified atom stereocenters. The number of anilines is 1. The summed E-state index contributed by atoms with van der Waals surface area (Å²) in [6.45, 7) is 7.28. The molecular weight excluding hydrogens is 438 g/mol. The molecular formula is C26H32ClN3O3. The van der Waals surface area contributed by atoms with Gasteiger partial charge in [0, 0.05) is 23.8 Å². The number of hydrogen-bond donors (Lipinski definition) is 3. The van der Waals surface area contributed by atoms with E-state index in [1.807, 2.05) is 50.1 Å². The first-order chi connectivity index (χ1) is 15.6. The Morgan fingerprint density at radius 3 is 2.67 bits per heavy atom. The van der Waals surface area contributed by atoms with Gasteiger partial charge in [-0.1, -0.05) is 29.3 Å². The van der Waals surface area contributed by atoms with Crippen molar-refractivity contribution in [2.45, 2.75) is 46.3 Å². The van der Waals surface area contributed by atoms with Crippen molar-refractivity contribution in [1.82, 2.24) is 4.90 Å². The van der Waals surface area contributed by atoms with Crippen LogP contribution in [0, 0.1) is 5.41 Å². The number of hydrogen-bond acceptors (Lipinski definition) is 5. The summed E-state index contributed by atoms with van der Waals surface area (Å²) in [7, 11) is 1.84.